The Bertz CT molecular complexity index is 96.1. The molecule has 0 rings (SSSR count). The summed E-state index contributed by atoms with van der Waals surface area (Å²) in [6, 6.07) is 0. The largest absolute Gasteiger partial charge is 0.368 e. The first kappa shape index (κ1) is 13.3. The Morgan fingerprint density at radius 1 is 1.08 bits per heavy atom. The van der Waals surface area contributed by atoms with E-state index >= 15 is 0 Å². The van der Waals surface area contributed by atoms with Crippen LogP contribution in [0.25, 0.3) is 0 Å². The molecule has 0 aliphatic heterocycles. The summed E-state index contributed by atoms with van der Waals surface area (Å²) in [7, 11) is 0. The Labute approximate surface area is 88.7 Å². The summed E-state index contributed by atoms with van der Waals surface area (Å²) in [6.07, 6.45) is 9.53. The van der Waals surface area contributed by atoms with Crippen LogP contribution >= 0.6 is 12.6 Å². The molecule has 0 fully saturated rings. The van der Waals surface area contributed by atoms with Crippen LogP contribution < -0.4 is 0 Å². The number of hydrogen-bond acceptors (Lipinski definition) is 2. The smallest absolute Gasteiger partial charge is 0.0896 e. The number of hydrogen-bond donors (Lipinski definition) is 1. The fourth-order valence-electron chi connectivity index (χ4n) is 1.49. The third-order valence-corrected chi connectivity index (χ3v) is 2.54. The van der Waals surface area contributed by atoms with E-state index < -0.39 is 0 Å². The molecule has 0 radical (unpaired) electrons. The molecule has 0 saturated heterocycles. The Kier molecular flexibility index (Phi) is 10.6. The maximum Gasteiger partial charge on any atom is 0.0896 e. The highest BCUT2D eigenvalue weighted by Gasteiger charge is 2.04. The number of ether oxygens (including phenoxy) is 1. The van der Waals surface area contributed by atoms with Gasteiger partial charge in [0.2, 0.25) is 0 Å². The van der Waals surface area contributed by atoms with Gasteiger partial charge in [0.05, 0.1) is 12.0 Å². The summed E-state index contributed by atoms with van der Waals surface area (Å²) in [5.74, 6) is 0.563. The third kappa shape index (κ3) is 8.63. The van der Waals surface area contributed by atoms with Gasteiger partial charge in [-0.1, -0.05) is 46.0 Å². The highest BCUT2D eigenvalue weighted by molar-refractivity contribution is 7.80. The van der Waals surface area contributed by atoms with Gasteiger partial charge in [-0.25, -0.2) is 0 Å². The zero-order valence-corrected chi connectivity index (χ0v) is 9.98. The van der Waals surface area contributed by atoms with Crippen molar-refractivity contribution in [1.82, 2.24) is 0 Å². The Morgan fingerprint density at radius 3 is 2.31 bits per heavy atom. The number of rotatable bonds is 9. The summed E-state index contributed by atoms with van der Waals surface area (Å²) in [4.78, 5) is 0. The fraction of sp³-hybridized carbons (Fsp3) is 1.00. The van der Waals surface area contributed by atoms with Crippen molar-refractivity contribution < 1.29 is 4.74 Å². The van der Waals surface area contributed by atoms with Gasteiger partial charge in [-0.3, -0.25) is 0 Å². The number of thiol groups is 1. The molecule has 0 heterocycles. The zero-order chi connectivity index (χ0) is 9.94. The van der Waals surface area contributed by atoms with E-state index in [0.717, 1.165) is 6.42 Å². The molecule has 0 aromatic carbocycles. The predicted octanol–water partition coefficient (Wildman–Crippen LogP) is 4.03. The van der Waals surface area contributed by atoms with Crippen LogP contribution in [0.5, 0.6) is 0 Å². The molecule has 1 nitrogen and oxygen atoms in total. The van der Waals surface area contributed by atoms with Crippen LogP contribution in [0.1, 0.15) is 58.8 Å². The van der Waals surface area contributed by atoms with Gasteiger partial charge in [-0.2, -0.15) is 12.6 Å². The molecule has 0 aromatic rings. The average molecular weight is 204 g/mol. The van der Waals surface area contributed by atoms with Crippen LogP contribution in [-0.2, 0) is 4.74 Å². The highest BCUT2D eigenvalue weighted by atomic mass is 32.1. The second-order valence-corrected chi connectivity index (χ2v) is 3.79. The van der Waals surface area contributed by atoms with Gasteiger partial charge in [0, 0.05) is 0 Å². The fourth-order valence-corrected chi connectivity index (χ4v) is 1.70. The van der Waals surface area contributed by atoms with E-state index in [-0.39, 0.29) is 0 Å². The van der Waals surface area contributed by atoms with Crippen molar-refractivity contribution >= 4 is 12.6 Å². The van der Waals surface area contributed by atoms with Gasteiger partial charge < -0.3 is 4.74 Å². The van der Waals surface area contributed by atoms with Crippen molar-refractivity contribution in [2.45, 2.75) is 64.9 Å². The van der Waals surface area contributed by atoms with Crippen LogP contribution in [-0.4, -0.2) is 12.0 Å². The lowest BCUT2D eigenvalue weighted by atomic mass is 10.1. The van der Waals surface area contributed by atoms with E-state index in [4.69, 9.17) is 4.74 Å². The van der Waals surface area contributed by atoms with Crippen LogP contribution in [0.15, 0.2) is 0 Å². The molecule has 0 spiro atoms. The molecule has 2 heteroatoms. The summed E-state index contributed by atoms with van der Waals surface area (Å²) < 4.78 is 5.46. The monoisotopic (exact) mass is 204 g/mol. The maximum absolute atomic E-state index is 5.46. The zero-order valence-electron chi connectivity index (χ0n) is 9.09. The van der Waals surface area contributed by atoms with Crippen LogP contribution in [0.2, 0.25) is 0 Å². The standard InChI is InChI=1S/C11H24OS/c1-3-5-6-7-8-9-11(4-2)12-10-13/h11,13H,3-10H2,1-2H3. The van der Waals surface area contributed by atoms with Crippen molar-refractivity contribution in [3.8, 4) is 0 Å². The molecular formula is C11H24OS. The molecule has 0 amide bonds. The van der Waals surface area contributed by atoms with Gasteiger partial charge in [0.15, 0.2) is 0 Å². The minimum Gasteiger partial charge on any atom is -0.368 e. The first-order valence-electron chi connectivity index (χ1n) is 5.57. The first-order valence-corrected chi connectivity index (χ1v) is 6.20. The molecule has 1 atom stereocenters. The van der Waals surface area contributed by atoms with E-state index in [2.05, 4.69) is 26.5 Å². The van der Waals surface area contributed by atoms with Gasteiger partial charge in [-0.15, -0.1) is 0 Å². The predicted molar refractivity (Wildman–Crippen MR) is 62.4 cm³/mol. The highest BCUT2D eigenvalue weighted by Crippen LogP contribution is 2.11. The average Bonchev–Trinajstić information content (AvgIpc) is 2.16. The molecule has 0 aliphatic carbocycles. The lowest BCUT2D eigenvalue weighted by molar-refractivity contribution is 0.0787. The number of unbranched alkanes of at least 4 members (excludes halogenated alkanes) is 4. The molecule has 0 N–H and O–H groups in total. The Balaban J connectivity index is 3.17. The SMILES string of the molecule is CCCCCCCC(CC)OCS. The van der Waals surface area contributed by atoms with Crippen molar-refractivity contribution in [3.63, 3.8) is 0 Å². The van der Waals surface area contributed by atoms with Crippen LogP contribution in [0, 0.1) is 0 Å². The maximum atomic E-state index is 5.46. The Hall–Kier alpha value is 0.310. The van der Waals surface area contributed by atoms with Crippen molar-refractivity contribution in [1.29, 1.82) is 0 Å². The molecule has 0 saturated carbocycles. The van der Waals surface area contributed by atoms with Crippen molar-refractivity contribution in [2.24, 2.45) is 0 Å². The minimum atomic E-state index is 0.444. The molecule has 0 aromatic heterocycles. The summed E-state index contributed by atoms with van der Waals surface area (Å²) in [5, 5.41) is 0. The Morgan fingerprint density at radius 2 is 1.77 bits per heavy atom. The van der Waals surface area contributed by atoms with Gasteiger partial charge in [0.1, 0.15) is 0 Å². The minimum absolute atomic E-state index is 0.444. The molecule has 1 unspecified atom stereocenters. The van der Waals surface area contributed by atoms with E-state index in [9.17, 15) is 0 Å². The molecule has 0 bridgehead atoms. The van der Waals surface area contributed by atoms with Crippen molar-refractivity contribution in [2.75, 3.05) is 5.94 Å². The summed E-state index contributed by atoms with van der Waals surface area (Å²) in [6.45, 7) is 4.43. The first-order chi connectivity index (χ1) is 6.35. The molecular weight excluding hydrogens is 180 g/mol. The van der Waals surface area contributed by atoms with Gasteiger partial charge in [-0.05, 0) is 12.8 Å². The van der Waals surface area contributed by atoms with E-state index in [1.165, 1.54) is 38.5 Å². The molecule has 80 valence electrons. The van der Waals surface area contributed by atoms with E-state index in [0.29, 0.717) is 12.0 Å². The third-order valence-electron chi connectivity index (χ3n) is 2.40. The van der Waals surface area contributed by atoms with E-state index in [1.807, 2.05) is 0 Å². The lowest BCUT2D eigenvalue weighted by Crippen LogP contribution is -2.10. The quantitative estimate of drug-likeness (QED) is 0.339. The second kappa shape index (κ2) is 10.4. The molecule has 0 aliphatic rings. The van der Waals surface area contributed by atoms with Gasteiger partial charge >= 0.3 is 0 Å². The second-order valence-electron chi connectivity index (χ2n) is 3.53. The van der Waals surface area contributed by atoms with Crippen molar-refractivity contribution in [3.05, 3.63) is 0 Å². The molecule has 13 heavy (non-hydrogen) atoms. The summed E-state index contributed by atoms with van der Waals surface area (Å²) >= 11 is 4.07. The topological polar surface area (TPSA) is 9.23 Å². The normalized spacial score (nSPS) is 13.2. The van der Waals surface area contributed by atoms with E-state index in [1.54, 1.807) is 0 Å². The van der Waals surface area contributed by atoms with Gasteiger partial charge in [0.25, 0.3) is 0 Å². The van der Waals surface area contributed by atoms with Crippen LogP contribution in [0.3, 0.4) is 0 Å². The summed E-state index contributed by atoms with van der Waals surface area (Å²) in [5.41, 5.74) is 0. The lowest BCUT2D eigenvalue weighted by Gasteiger charge is -2.13. The van der Waals surface area contributed by atoms with Crippen LogP contribution in [0.4, 0.5) is 0 Å².